The summed E-state index contributed by atoms with van der Waals surface area (Å²) in [6.45, 7) is 6.27. The van der Waals surface area contributed by atoms with Gasteiger partial charge in [0, 0.05) is 41.4 Å². The zero-order valence-electron chi connectivity index (χ0n) is 15.3. The number of ether oxygens (including phenoxy) is 1. The Labute approximate surface area is 174 Å². The lowest BCUT2D eigenvalue weighted by molar-refractivity contribution is 0.327. The molecule has 0 aliphatic carbocycles. The van der Waals surface area contributed by atoms with Crippen molar-refractivity contribution in [2.45, 2.75) is 18.7 Å². The largest absolute Gasteiger partial charge is 0.492 e. The molecule has 146 valence electrons. The van der Waals surface area contributed by atoms with Crippen LogP contribution in [0.3, 0.4) is 0 Å². The summed E-state index contributed by atoms with van der Waals surface area (Å²) in [5.74, 6) is 0.383. The Kier molecular flexibility index (Phi) is 6.35. The van der Waals surface area contributed by atoms with Gasteiger partial charge in [0.05, 0.1) is 6.61 Å². The number of anilines is 1. The number of hydrogen-bond acceptors (Lipinski definition) is 4. The van der Waals surface area contributed by atoms with Gasteiger partial charge in [-0.1, -0.05) is 33.6 Å². The minimum Gasteiger partial charge on any atom is -0.492 e. The summed E-state index contributed by atoms with van der Waals surface area (Å²) < 4.78 is 34.1. The molecular weight excluding hydrogens is 452 g/mol. The summed E-state index contributed by atoms with van der Waals surface area (Å²) in [6.07, 6.45) is 0. The van der Waals surface area contributed by atoms with E-state index in [0.717, 1.165) is 16.3 Å². The van der Waals surface area contributed by atoms with Crippen LogP contribution in [-0.2, 0) is 10.0 Å². The fraction of sp³-hybridized carbons (Fsp3) is 0.368. The Morgan fingerprint density at radius 2 is 1.85 bits per heavy atom. The molecular formula is C19H22BrClN2O3S. The van der Waals surface area contributed by atoms with Crippen molar-refractivity contribution in [2.24, 2.45) is 0 Å². The van der Waals surface area contributed by atoms with Gasteiger partial charge >= 0.3 is 0 Å². The molecule has 1 heterocycles. The van der Waals surface area contributed by atoms with Crippen molar-refractivity contribution in [1.29, 1.82) is 0 Å². The van der Waals surface area contributed by atoms with Crippen LogP contribution in [0.2, 0.25) is 5.02 Å². The first-order chi connectivity index (χ1) is 12.8. The maximum Gasteiger partial charge on any atom is 0.246 e. The molecule has 1 saturated heterocycles. The smallest absolute Gasteiger partial charge is 0.246 e. The fourth-order valence-corrected chi connectivity index (χ4v) is 5.47. The van der Waals surface area contributed by atoms with E-state index in [4.69, 9.17) is 16.3 Å². The molecule has 2 aromatic carbocycles. The first-order valence-corrected chi connectivity index (χ1v) is 11.4. The van der Waals surface area contributed by atoms with E-state index in [1.165, 1.54) is 4.31 Å². The second-order valence-electron chi connectivity index (χ2n) is 6.30. The van der Waals surface area contributed by atoms with Gasteiger partial charge in [0.1, 0.15) is 10.6 Å². The summed E-state index contributed by atoms with van der Waals surface area (Å²) in [6, 6.07) is 10.9. The molecule has 0 radical (unpaired) electrons. The van der Waals surface area contributed by atoms with Crippen molar-refractivity contribution in [3.63, 3.8) is 0 Å². The van der Waals surface area contributed by atoms with E-state index in [-0.39, 0.29) is 4.90 Å². The summed E-state index contributed by atoms with van der Waals surface area (Å²) in [5, 5.41) is 0.720. The predicted molar refractivity (Wildman–Crippen MR) is 112 cm³/mol. The highest BCUT2D eigenvalue weighted by atomic mass is 79.9. The average molecular weight is 474 g/mol. The number of sulfonamides is 1. The second kappa shape index (κ2) is 8.39. The number of benzene rings is 2. The Morgan fingerprint density at radius 3 is 2.52 bits per heavy atom. The molecule has 8 heteroatoms. The first kappa shape index (κ1) is 20.5. The van der Waals surface area contributed by atoms with Crippen molar-refractivity contribution >= 4 is 43.2 Å². The molecule has 5 nitrogen and oxygen atoms in total. The van der Waals surface area contributed by atoms with Crippen LogP contribution in [-0.4, -0.2) is 45.5 Å². The van der Waals surface area contributed by atoms with Crippen molar-refractivity contribution in [3.05, 3.63) is 51.5 Å². The van der Waals surface area contributed by atoms with Crippen LogP contribution in [0.4, 0.5) is 5.69 Å². The van der Waals surface area contributed by atoms with Gasteiger partial charge in [-0.2, -0.15) is 4.31 Å². The number of nitrogens with zero attached hydrogens (tertiary/aromatic N) is 2. The van der Waals surface area contributed by atoms with E-state index in [2.05, 4.69) is 20.8 Å². The van der Waals surface area contributed by atoms with Crippen molar-refractivity contribution < 1.29 is 13.2 Å². The second-order valence-corrected chi connectivity index (χ2v) is 9.53. The lowest BCUT2D eigenvalue weighted by atomic mass is 10.1. The van der Waals surface area contributed by atoms with Crippen molar-refractivity contribution in [2.75, 3.05) is 37.7 Å². The monoisotopic (exact) mass is 472 g/mol. The number of rotatable bonds is 5. The van der Waals surface area contributed by atoms with Gasteiger partial charge in [0.25, 0.3) is 0 Å². The van der Waals surface area contributed by atoms with Crippen LogP contribution in [0.5, 0.6) is 5.75 Å². The number of halogens is 2. The third-order valence-corrected chi connectivity index (χ3v) is 7.46. The summed E-state index contributed by atoms with van der Waals surface area (Å²) >= 11 is 9.58. The molecule has 0 spiro atoms. The molecule has 0 bridgehead atoms. The molecule has 0 N–H and O–H groups in total. The van der Waals surface area contributed by atoms with Gasteiger partial charge in [-0.05, 0) is 49.7 Å². The molecule has 0 amide bonds. The highest BCUT2D eigenvalue weighted by molar-refractivity contribution is 9.10. The van der Waals surface area contributed by atoms with Crippen LogP contribution in [0.1, 0.15) is 12.5 Å². The van der Waals surface area contributed by atoms with Crippen molar-refractivity contribution in [1.82, 2.24) is 4.31 Å². The lowest BCUT2D eigenvalue weighted by Crippen LogP contribution is -2.48. The molecule has 27 heavy (non-hydrogen) atoms. The number of piperazine rings is 1. The fourth-order valence-electron chi connectivity index (χ4n) is 3.21. The lowest BCUT2D eigenvalue weighted by Gasteiger charge is -2.36. The van der Waals surface area contributed by atoms with Crippen molar-refractivity contribution in [3.8, 4) is 5.75 Å². The summed E-state index contributed by atoms with van der Waals surface area (Å²) in [7, 11) is -3.64. The zero-order valence-corrected chi connectivity index (χ0v) is 18.4. The first-order valence-electron chi connectivity index (χ1n) is 8.77. The Balaban J connectivity index is 1.81. The highest BCUT2D eigenvalue weighted by Gasteiger charge is 2.31. The van der Waals surface area contributed by atoms with E-state index in [9.17, 15) is 8.42 Å². The van der Waals surface area contributed by atoms with Gasteiger partial charge in [-0.25, -0.2) is 8.42 Å². The van der Waals surface area contributed by atoms with Crippen LogP contribution < -0.4 is 9.64 Å². The number of hydrogen-bond donors (Lipinski definition) is 0. The Morgan fingerprint density at radius 1 is 1.15 bits per heavy atom. The average Bonchev–Trinajstić information content (AvgIpc) is 2.65. The minimum atomic E-state index is -3.64. The standard InChI is InChI=1S/C19H22BrClN2O3S/c1-3-26-18-8-7-15(20)13-19(18)27(24,25)23-11-9-22(10-12-23)17-6-4-5-16(21)14(17)2/h4-8,13H,3,9-12H2,1-2H3. The van der Waals surface area contributed by atoms with Gasteiger partial charge in [-0.3, -0.25) is 0 Å². The SMILES string of the molecule is CCOc1ccc(Br)cc1S(=O)(=O)N1CCN(c2cccc(Cl)c2C)CC1. The molecule has 0 unspecified atom stereocenters. The summed E-state index contributed by atoms with van der Waals surface area (Å²) in [4.78, 5) is 2.38. The maximum atomic E-state index is 13.2. The van der Waals surface area contributed by atoms with E-state index in [0.29, 0.717) is 43.0 Å². The molecule has 0 atom stereocenters. The van der Waals surface area contributed by atoms with Crippen LogP contribution >= 0.6 is 27.5 Å². The van der Waals surface area contributed by atoms with Gasteiger partial charge in [-0.15, -0.1) is 0 Å². The molecule has 0 saturated carbocycles. The zero-order chi connectivity index (χ0) is 19.6. The van der Waals surface area contributed by atoms with Crippen LogP contribution in [0.25, 0.3) is 0 Å². The molecule has 3 rings (SSSR count). The van der Waals surface area contributed by atoms with Gasteiger partial charge in [0.15, 0.2) is 0 Å². The van der Waals surface area contributed by atoms with E-state index in [1.54, 1.807) is 18.2 Å². The van der Waals surface area contributed by atoms with Crippen LogP contribution in [0, 0.1) is 6.92 Å². The molecule has 1 aliphatic rings. The minimum absolute atomic E-state index is 0.200. The van der Waals surface area contributed by atoms with Gasteiger partial charge < -0.3 is 9.64 Å². The summed E-state index contributed by atoms with van der Waals surface area (Å²) in [5.41, 5.74) is 2.07. The molecule has 1 fully saturated rings. The third kappa shape index (κ3) is 4.26. The Hall–Kier alpha value is -1.28. The van der Waals surface area contributed by atoms with E-state index < -0.39 is 10.0 Å². The molecule has 0 aromatic heterocycles. The molecule has 1 aliphatic heterocycles. The molecule has 2 aromatic rings. The predicted octanol–water partition coefficient (Wildman–Crippen LogP) is 4.32. The normalized spacial score (nSPS) is 15.8. The van der Waals surface area contributed by atoms with Gasteiger partial charge in [0.2, 0.25) is 10.0 Å². The third-order valence-electron chi connectivity index (χ3n) is 4.64. The quantitative estimate of drug-likeness (QED) is 0.649. The highest BCUT2D eigenvalue weighted by Crippen LogP contribution is 2.32. The van der Waals surface area contributed by atoms with E-state index in [1.807, 2.05) is 32.0 Å². The Bertz CT molecular complexity index is 929. The van der Waals surface area contributed by atoms with E-state index >= 15 is 0 Å². The topological polar surface area (TPSA) is 49.9 Å². The van der Waals surface area contributed by atoms with Crippen LogP contribution in [0.15, 0.2) is 45.8 Å². The maximum absolute atomic E-state index is 13.2.